The van der Waals surface area contributed by atoms with Crippen LogP contribution in [-0.4, -0.2) is 6.18 Å². The van der Waals surface area contributed by atoms with Gasteiger partial charge in [0.05, 0.1) is 0 Å². The molecule has 0 aromatic heterocycles. The molecule has 0 heterocycles. The van der Waals surface area contributed by atoms with Gasteiger partial charge in [0.1, 0.15) is 6.04 Å². The van der Waals surface area contributed by atoms with Crippen molar-refractivity contribution in [2.24, 2.45) is 5.73 Å². The number of benzene rings is 2. The average Bonchev–Trinajstić information content (AvgIpc) is 2.45. The Morgan fingerprint density at radius 2 is 1.55 bits per heavy atom. The van der Waals surface area contributed by atoms with E-state index in [0.717, 1.165) is 11.3 Å². The molecular weight excluding hydrogens is 265 g/mol. The summed E-state index contributed by atoms with van der Waals surface area (Å²) in [5, 5.41) is 3.14. The summed E-state index contributed by atoms with van der Waals surface area (Å²) in [4.78, 5) is 0. The topological polar surface area (TPSA) is 38.0 Å². The van der Waals surface area contributed by atoms with Gasteiger partial charge in [0, 0.05) is 12.2 Å². The van der Waals surface area contributed by atoms with Gasteiger partial charge in [0.25, 0.3) is 0 Å². The Morgan fingerprint density at radius 3 is 2.10 bits per heavy atom. The molecule has 2 aromatic rings. The van der Waals surface area contributed by atoms with Crippen LogP contribution in [-0.2, 0) is 6.54 Å². The second-order valence-electron chi connectivity index (χ2n) is 4.48. The van der Waals surface area contributed by atoms with Gasteiger partial charge < -0.3 is 11.1 Å². The zero-order valence-electron chi connectivity index (χ0n) is 10.7. The number of rotatable bonds is 4. The van der Waals surface area contributed by atoms with E-state index in [1.807, 2.05) is 30.3 Å². The van der Waals surface area contributed by atoms with E-state index in [1.54, 1.807) is 12.1 Å². The molecular formula is C15H15F3N2. The zero-order valence-corrected chi connectivity index (χ0v) is 10.7. The summed E-state index contributed by atoms with van der Waals surface area (Å²) in [5.41, 5.74) is 7.06. The SMILES string of the molecule is N[C@@H](c1ccc(NCc2ccccc2)cc1)C(F)(F)F. The highest BCUT2D eigenvalue weighted by Crippen LogP contribution is 2.30. The molecule has 0 amide bonds. The van der Waals surface area contributed by atoms with Crippen molar-refractivity contribution in [3.8, 4) is 0 Å². The molecule has 5 heteroatoms. The number of anilines is 1. The van der Waals surface area contributed by atoms with Crippen molar-refractivity contribution in [1.29, 1.82) is 0 Å². The van der Waals surface area contributed by atoms with Gasteiger partial charge in [-0.25, -0.2) is 0 Å². The first-order valence-corrected chi connectivity index (χ1v) is 6.17. The molecule has 0 saturated heterocycles. The third-order valence-corrected chi connectivity index (χ3v) is 2.96. The number of halogens is 3. The third-order valence-electron chi connectivity index (χ3n) is 2.96. The Balaban J connectivity index is 1.98. The van der Waals surface area contributed by atoms with Gasteiger partial charge >= 0.3 is 6.18 Å². The first kappa shape index (κ1) is 14.4. The minimum Gasteiger partial charge on any atom is -0.381 e. The third kappa shape index (κ3) is 3.74. The maximum atomic E-state index is 12.5. The van der Waals surface area contributed by atoms with Crippen LogP contribution in [0.1, 0.15) is 17.2 Å². The fraction of sp³-hybridized carbons (Fsp3) is 0.200. The van der Waals surface area contributed by atoms with Gasteiger partial charge in [-0.3, -0.25) is 0 Å². The summed E-state index contributed by atoms with van der Waals surface area (Å²) in [7, 11) is 0. The lowest BCUT2D eigenvalue weighted by Gasteiger charge is -2.16. The van der Waals surface area contributed by atoms with Crippen LogP contribution in [0.5, 0.6) is 0 Å². The summed E-state index contributed by atoms with van der Waals surface area (Å²) >= 11 is 0. The monoisotopic (exact) mass is 280 g/mol. The van der Waals surface area contributed by atoms with Gasteiger partial charge in [-0.15, -0.1) is 0 Å². The summed E-state index contributed by atoms with van der Waals surface area (Å²) in [5.74, 6) is 0. The van der Waals surface area contributed by atoms with Crippen molar-refractivity contribution in [3.63, 3.8) is 0 Å². The Kier molecular flexibility index (Phi) is 4.29. The van der Waals surface area contributed by atoms with Crippen molar-refractivity contribution in [1.82, 2.24) is 0 Å². The quantitative estimate of drug-likeness (QED) is 0.892. The lowest BCUT2D eigenvalue weighted by molar-refractivity contribution is -0.149. The molecule has 2 rings (SSSR count). The van der Waals surface area contributed by atoms with E-state index in [9.17, 15) is 13.2 Å². The van der Waals surface area contributed by atoms with E-state index in [4.69, 9.17) is 5.73 Å². The van der Waals surface area contributed by atoms with Crippen LogP contribution >= 0.6 is 0 Å². The van der Waals surface area contributed by atoms with Gasteiger partial charge in [-0.2, -0.15) is 13.2 Å². The van der Waals surface area contributed by atoms with Crippen LogP contribution in [0.15, 0.2) is 54.6 Å². The molecule has 0 aliphatic rings. The highest BCUT2D eigenvalue weighted by Gasteiger charge is 2.37. The second kappa shape index (κ2) is 5.96. The number of alkyl halides is 3. The molecule has 2 aromatic carbocycles. The van der Waals surface area contributed by atoms with Crippen molar-refractivity contribution in [3.05, 3.63) is 65.7 Å². The predicted octanol–water partition coefficient (Wildman–Crippen LogP) is 3.86. The van der Waals surface area contributed by atoms with E-state index in [0.29, 0.717) is 6.54 Å². The van der Waals surface area contributed by atoms with E-state index < -0.39 is 12.2 Å². The largest absolute Gasteiger partial charge is 0.407 e. The molecule has 0 unspecified atom stereocenters. The van der Waals surface area contributed by atoms with Gasteiger partial charge in [-0.05, 0) is 23.3 Å². The van der Waals surface area contributed by atoms with E-state index in [2.05, 4.69) is 5.32 Å². The fourth-order valence-electron chi connectivity index (χ4n) is 1.80. The van der Waals surface area contributed by atoms with Crippen LogP contribution in [0.4, 0.5) is 18.9 Å². The molecule has 0 saturated carbocycles. The lowest BCUT2D eigenvalue weighted by atomic mass is 10.1. The Labute approximate surface area is 115 Å². The molecule has 2 nitrogen and oxygen atoms in total. The molecule has 0 aliphatic heterocycles. The summed E-state index contributed by atoms with van der Waals surface area (Å²) < 4.78 is 37.4. The first-order valence-electron chi connectivity index (χ1n) is 6.17. The van der Waals surface area contributed by atoms with E-state index in [-0.39, 0.29) is 5.56 Å². The molecule has 0 bridgehead atoms. The van der Waals surface area contributed by atoms with Crippen molar-refractivity contribution >= 4 is 5.69 Å². The average molecular weight is 280 g/mol. The maximum Gasteiger partial charge on any atom is 0.407 e. The van der Waals surface area contributed by atoms with E-state index in [1.165, 1.54) is 12.1 Å². The molecule has 1 atom stereocenters. The molecule has 0 fully saturated rings. The van der Waals surface area contributed by atoms with Crippen LogP contribution in [0.25, 0.3) is 0 Å². The predicted molar refractivity (Wildman–Crippen MR) is 73.2 cm³/mol. The summed E-state index contributed by atoms with van der Waals surface area (Å²) in [6.07, 6.45) is -4.42. The molecule has 0 radical (unpaired) electrons. The number of nitrogens with one attached hydrogen (secondary N) is 1. The Morgan fingerprint density at radius 1 is 0.950 bits per heavy atom. The maximum absolute atomic E-state index is 12.5. The van der Waals surface area contributed by atoms with Crippen LogP contribution in [0.2, 0.25) is 0 Å². The minimum absolute atomic E-state index is 0.0581. The van der Waals surface area contributed by atoms with Gasteiger partial charge in [-0.1, -0.05) is 42.5 Å². The molecule has 0 spiro atoms. The first-order chi connectivity index (χ1) is 9.47. The van der Waals surface area contributed by atoms with Crippen LogP contribution < -0.4 is 11.1 Å². The van der Waals surface area contributed by atoms with Crippen LogP contribution in [0, 0.1) is 0 Å². The summed E-state index contributed by atoms with van der Waals surface area (Å²) in [6, 6.07) is 13.8. The molecule has 0 aliphatic carbocycles. The van der Waals surface area contributed by atoms with Crippen molar-refractivity contribution < 1.29 is 13.2 Å². The van der Waals surface area contributed by atoms with Gasteiger partial charge in [0.2, 0.25) is 0 Å². The molecule has 3 N–H and O–H groups in total. The highest BCUT2D eigenvalue weighted by molar-refractivity contribution is 5.45. The standard InChI is InChI=1S/C15H15F3N2/c16-15(17,18)14(19)12-6-8-13(9-7-12)20-10-11-4-2-1-3-5-11/h1-9,14,20H,10,19H2/t14-/m0/s1. The van der Waals surface area contributed by atoms with Crippen molar-refractivity contribution in [2.45, 2.75) is 18.8 Å². The normalized spacial score (nSPS) is 13.0. The molecule has 106 valence electrons. The van der Waals surface area contributed by atoms with E-state index >= 15 is 0 Å². The Hall–Kier alpha value is -2.01. The Bertz CT molecular complexity index is 535. The highest BCUT2D eigenvalue weighted by atomic mass is 19.4. The number of hydrogen-bond donors (Lipinski definition) is 2. The summed E-state index contributed by atoms with van der Waals surface area (Å²) in [6.45, 7) is 0.617. The number of hydrogen-bond acceptors (Lipinski definition) is 2. The molecule has 20 heavy (non-hydrogen) atoms. The van der Waals surface area contributed by atoms with Crippen LogP contribution in [0.3, 0.4) is 0 Å². The fourth-order valence-corrected chi connectivity index (χ4v) is 1.80. The second-order valence-corrected chi connectivity index (χ2v) is 4.48. The minimum atomic E-state index is -4.42. The zero-order chi connectivity index (χ0) is 14.6. The smallest absolute Gasteiger partial charge is 0.381 e. The number of nitrogens with two attached hydrogens (primary N) is 1. The lowest BCUT2D eigenvalue weighted by Crippen LogP contribution is -2.28. The van der Waals surface area contributed by atoms with Gasteiger partial charge in [0.15, 0.2) is 0 Å². The van der Waals surface area contributed by atoms with Crippen molar-refractivity contribution in [2.75, 3.05) is 5.32 Å².